The summed E-state index contributed by atoms with van der Waals surface area (Å²) >= 11 is 0. The fourth-order valence-electron chi connectivity index (χ4n) is 1.19. The Morgan fingerprint density at radius 3 is 2.79 bits per heavy atom. The van der Waals surface area contributed by atoms with Gasteiger partial charge in [0.1, 0.15) is 0 Å². The van der Waals surface area contributed by atoms with Crippen molar-refractivity contribution in [1.82, 2.24) is 10.6 Å². The van der Waals surface area contributed by atoms with Crippen LogP contribution in [0.15, 0.2) is 24.3 Å². The largest absolute Gasteiger partial charge is 0.351 e. The molecule has 1 amide bonds. The third-order valence-corrected chi connectivity index (χ3v) is 1.94. The van der Waals surface area contributed by atoms with Crippen LogP contribution in [0.1, 0.15) is 15.9 Å². The Bertz CT molecular complexity index is 310. The lowest BCUT2D eigenvalue weighted by Gasteiger charge is -2.04. The molecule has 76 valence electrons. The molecule has 0 heterocycles. The summed E-state index contributed by atoms with van der Waals surface area (Å²) in [6.45, 7) is 3.42. The van der Waals surface area contributed by atoms with Gasteiger partial charge in [0.05, 0.1) is 0 Å². The monoisotopic (exact) mass is 192 g/mol. The number of hydrogen-bond acceptors (Lipinski definition) is 2. The van der Waals surface area contributed by atoms with Gasteiger partial charge in [0.2, 0.25) is 0 Å². The second-order valence-corrected chi connectivity index (χ2v) is 3.23. The van der Waals surface area contributed by atoms with Crippen molar-refractivity contribution in [1.29, 1.82) is 0 Å². The average molecular weight is 192 g/mol. The van der Waals surface area contributed by atoms with Gasteiger partial charge in [-0.3, -0.25) is 4.79 Å². The Morgan fingerprint density at radius 1 is 1.36 bits per heavy atom. The van der Waals surface area contributed by atoms with Crippen molar-refractivity contribution in [2.24, 2.45) is 0 Å². The molecular formula is C11H16N2O. The molecule has 1 rings (SSSR count). The van der Waals surface area contributed by atoms with Crippen LogP contribution in [-0.2, 0) is 0 Å². The molecule has 2 N–H and O–H groups in total. The van der Waals surface area contributed by atoms with Gasteiger partial charge < -0.3 is 10.6 Å². The third-order valence-electron chi connectivity index (χ3n) is 1.94. The van der Waals surface area contributed by atoms with Crippen LogP contribution >= 0.6 is 0 Å². The van der Waals surface area contributed by atoms with Crippen LogP contribution in [0.2, 0.25) is 0 Å². The Balaban J connectivity index is 2.52. The maximum atomic E-state index is 11.5. The summed E-state index contributed by atoms with van der Waals surface area (Å²) in [5.74, 6) is -0.0102. The lowest BCUT2D eigenvalue weighted by Crippen LogP contribution is -2.30. The van der Waals surface area contributed by atoms with Crippen molar-refractivity contribution >= 4 is 5.91 Å². The van der Waals surface area contributed by atoms with Crippen molar-refractivity contribution < 1.29 is 4.79 Å². The average Bonchev–Trinajstić information content (AvgIpc) is 2.18. The molecule has 0 spiro atoms. The molecule has 0 aromatic heterocycles. The third kappa shape index (κ3) is 3.18. The van der Waals surface area contributed by atoms with Crippen LogP contribution in [0.25, 0.3) is 0 Å². The number of carbonyl (C=O) groups excluding carboxylic acids is 1. The normalized spacial score (nSPS) is 9.86. The topological polar surface area (TPSA) is 41.1 Å². The van der Waals surface area contributed by atoms with Gasteiger partial charge in [-0.2, -0.15) is 0 Å². The fourth-order valence-corrected chi connectivity index (χ4v) is 1.19. The van der Waals surface area contributed by atoms with Crippen LogP contribution < -0.4 is 10.6 Å². The van der Waals surface area contributed by atoms with Crippen molar-refractivity contribution in [3.05, 3.63) is 35.4 Å². The Kier molecular flexibility index (Phi) is 4.13. The van der Waals surface area contributed by atoms with E-state index < -0.39 is 0 Å². The zero-order chi connectivity index (χ0) is 10.4. The second-order valence-electron chi connectivity index (χ2n) is 3.23. The van der Waals surface area contributed by atoms with Gasteiger partial charge in [0, 0.05) is 18.7 Å². The van der Waals surface area contributed by atoms with Gasteiger partial charge in [-0.15, -0.1) is 0 Å². The fraction of sp³-hybridized carbons (Fsp3) is 0.364. The molecule has 3 heteroatoms. The molecule has 0 fully saturated rings. The van der Waals surface area contributed by atoms with E-state index in [0.29, 0.717) is 6.54 Å². The summed E-state index contributed by atoms with van der Waals surface area (Å²) in [7, 11) is 1.86. The molecule has 0 saturated heterocycles. The number of amides is 1. The maximum absolute atomic E-state index is 11.5. The first kappa shape index (κ1) is 10.7. The Labute approximate surface area is 84.5 Å². The number of aryl methyl sites for hydroxylation is 1. The quantitative estimate of drug-likeness (QED) is 0.697. The molecule has 3 nitrogen and oxygen atoms in total. The highest BCUT2D eigenvalue weighted by Crippen LogP contribution is 2.02. The van der Waals surface area contributed by atoms with Crippen LogP contribution in [0.5, 0.6) is 0 Å². The smallest absolute Gasteiger partial charge is 0.251 e. The van der Waals surface area contributed by atoms with Gasteiger partial charge in [-0.25, -0.2) is 0 Å². The lowest BCUT2D eigenvalue weighted by atomic mass is 10.1. The maximum Gasteiger partial charge on any atom is 0.251 e. The summed E-state index contributed by atoms with van der Waals surface area (Å²) in [4.78, 5) is 11.5. The Hall–Kier alpha value is -1.35. The summed E-state index contributed by atoms with van der Waals surface area (Å²) in [6.07, 6.45) is 0. The first-order valence-electron chi connectivity index (χ1n) is 4.73. The van der Waals surface area contributed by atoms with Gasteiger partial charge in [0.25, 0.3) is 5.91 Å². The molecule has 14 heavy (non-hydrogen) atoms. The standard InChI is InChI=1S/C11H16N2O/c1-9-4-3-5-10(8-9)11(14)13-7-6-12-2/h3-5,8,12H,6-7H2,1-2H3,(H,13,14). The first-order chi connectivity index (χ1) is 6.74. The highest BCUT2D eigenvalue weighted by Gasteiger charge is 2.03. The van der Waals surface area contributed by atoms with Gasteiger partial charge in [0.15, 0.2) is 0 Å². The van der Waals surface area contributed by atoms with E-state index >= 15 is 0 Å². The summed E-state index contributed by atoms with van der Waals surface area (Å²) in [5.41, 5.74) is 1.83. The predicted octanol–water partition coefficient (Wildman–Crippen LogP) is 0.944. The zero-order valence-corrected chi connectivity index (χ0v) is 8.63. The van der Waals surface area contributed by atoms with Gasteiger partial charge in [-0.05, 0) is 26.1 Å². The SMILES string of the molecule is CNCCNC(=O)c1cccc(C)c1. The number of rotatable bonds is 4. The molecule has 0 atom stereocenters. The van der Waals surface area contributed by atoms with Gasteiger partial charge >= 0.3 is 0 Å². The van der Waals surface area contributed by atoms with Crippen LogP contribution in [0, 0.1) is 6.92 Å². The van der Waals surface area contributed by atoms with Crippen molar-refractivity contribution in [2.75, 3.05) is 20.1 Å². The predicted molar refractivity (Wildman–Crippen MR) is 57.4 cm³/mol. The minimum absolute atomic E-state index is 0.0102. The van der Waals surface area contributed by atoms with E-state index in [1.807, 2.05) is 38.2 Å². The molecular weight excluding hydrogens is 176 g/mol. The number of nitrogens with one attached hydrogen (secondary N) is 2. The number of likely N-dealkylation sites (N-methyl/N-ethyl adjacent to an activating group) is 1. The summed E-state index contributed by atoms with van der Waals surface area (Å²) in [6, 6.07) is 7.57. The van der Waals surface area contributed by atoms with E-state index in [0.717, 1.165) is 17.7 Å². The second kappa shape index (κ2) is 5.40. The number of hydrogen-bond donors (Lipinski definition) is 2. The lowest BCUT2D eigenvalue weighted by molar-refractivity contribution is 0.0954. The molecule has 0 unspecified atom stereocenters. The van der Waals surface area contributed by atoms with Crippen molar-refractivity contribution in [3.63, 3.8) is 0 Å². The molecule has 0 aliphatic rings. The summed E-state index contributed by atoms with van der Waals surface area (Å²) in [5, 5.41) is 5.80. The van der Waals surface area contributed by atoms with Crippen LogP contribution in [-0.4, -0.2) is 26.0 Å². The highest BCUT2D eigenvalue weighted by atomic mass is 16.1. The molecule has 0 radical (unpaired) electrons. The number of carbonyl (C=O) groups is 1. The first-order valence-corrected chi connectivity index (χ1v) is 4.73. The minimum atomic E-state index is -0.0102. The molecule has 0 aliphatic heterocycles. The summed E-state index contributed by atoms with van der Waals surface area (Å²) < 4.78 is 0. The van der Waals surface area contributed by atoms with E-state index in [2.05, 4.69) is 10.6 Å². The highest BCUT2D eigenvalue weighted by molar-refractivity contribution is 5.94. The minimum Gasteiger partial charge on any atom is -0.351 e. The van der Waals surface area contributed by atoms with E-state index in [9.17, 15) is 4.79 Å². The molecule has 0 aliphatic carbocycles. The van der Waals surface area contributed by atoms with E-state index in [4.69, 9.17) is 0 Å². The van der Waals surface area contributed by atoms with Gasteiger partial charge in [-0.1, -0.05) is 17.7 Å². The molecule has 1 aromatic rings. The number of benzene rings is 1. The van der Waals surface area contributed by atoms with Crippen LogP contribution in [0.4, 0.5) is 0 Å². The van der Waals surface area contributed by atoms with Crippen molar-refractivity contribution in [3.8, 4) is 0 Å². The van der Waals surface area contributed by atoms with E-state index in [-0.39, 0.29) is 5.91 Å². The van der Waals surface area contributed by atoms with Crippen molar-refractivity contribution in [2.45, 2.75) is 6.92 Å². The Morgan fingerprint density at radius 2 is 2.14 bits per heavy atom. The molecule has 1 aromatic carbocycles. The van der Waals surface area contributed by atoms with E-state index in [1.54, 1.807) is 0 Å². The van der Waals surface area contributed by atoms with Crippen LogP contribution in [0.3, 0.4) is 0 Å². The molecule has 0 bridgehead atoms. The zero-order valence-electron chi connectivity index (χ0n) is 8.63. The molecule has 0 saturated carbocycles. The van der Waals surface area contributed by atoms with E-state index in [1.165, 1.54) is 0 Å².